The standard InChI is InChI=1S/C15H16BrCl2NO/c1-3-19-9(2)8-10-4-7-13(20-10)11-5-6-12(16)15(18)14(11)17/h4-7,9,19H,3,8H2,1-2H3. The number of benzene rings is 1. The Labute approximate surface area is 137 Å². The lowest BCUT2D eigenvalue weighted by Gasteiger charge is -2.10. The molecule has 2 aromatic rings. The van der Waals surface area contributed by atoms with Crippen LogP contribution < -0.4 is 5.32 Å². The first-order chi connectivity index (χ1) is 9.52. The lowest BCUT2D eigenvalue weighted by atomic mass is 10.2. The highest BCUT2D eigenvalue weighted by atomic mass is 79.9. The molecule has 0 saturated carbocycles. The van der Waals surface area contributed by atoms with Crippen LogP contribution in [0.4, 0.5) is 0 Å². The average molecular weight is 377 g/mol. The van der Waals surface area contributed by atoms with Crippen LogP contribution in [0.15, 0.2) is 33.2 Å². The second-order valence-corrected chi connectivity index (χ2v) is 6.26. The molecule has 0 bridgehead atoms. The van der Waals surface area contributed by atoms with Crippen molar-refractivity contribution >= 4 is 39.1 Å². The lowest BCUT2D eigenvalue weighted by Crippen LogP contribution is -2.27. The number of rotatable bonds is 5. The van der Waals surface area contributed by atoms with Crippen molar-refractivity contribution in [1.82, 2.24) is 5.32 Å². The fourth-order valence-corrected chi connectivity index (χ4v) is 2.94. The second-order valence-electron chi connectivity index (χ2n) is 4.65. The van der Waals surface area contributed by atoms with Gasteiger partial charge in [-0.2, -0.15) is 0 Å². The van der Waals surface area contributed by atoms with Gasteiger partial charge in [0.25, 0.3) is 0 Å². The van der Waals surface area contributed by atoms with E-state index in [0.29, 0.717) is 16.1 Å². The number of nitrogens with one attached hydrogen (secondary N) is 1. The van der Waals surface area contributed by atoms with Gasteiger partial charge < -0.3 is 9.73 Å². The van der Waals surface area contributed by atoms with Crippen LogP contribution in [-0.2, 0) is 6.42 Å². The van der Waals surface area contributed by atoms with Crippen LogP contribution in [0.3, 0.4) is 0 Å². The molecule has 20 heavy (non-hydrogen) atoms. The SMILES string of the molecule is CCNC(C)Cc1ccc(-c2ccc(Br)c(Cl)c2Cl)o1. The van der Waals surface area contributed by atoms with E-state index in [0.717, 1.165) is 34.5 Å². The van der Waals surface area contributed by atoms with E-state index in [-0.39, 0.29) is 0 Å². The van der Waals surface area contributed by atoms with Crippen LogP contribution in [0.1, 0.15) is 19.6 Å². The van der Waals surface area contributed by atoms with Crippen molar-refractivity contribution in [2.24, 2.45) is 0 Å². The number of hydrogen-bond donors (Lipinski definition) is 1. The summed E-state index contributed by atoms with van der Waals surface area (Å²) < 4.78 is 6.64. The van der Waals surface area contributed by atoms with Gasteiger partial charge in [0.1, 0.15) is 11.5 Å². The molecule has 108 valence electrons. The maximum Gasteiger partial charge on any atom is 0.135 e. The number of likely N-dealkylation sites (N-methyl/N-ethyl adjacent to an activating group) is 1. The first-order valence-electron chi connectivity index (χ1n) is 6.49. The molecule has 0 saturated heterocycles. The topological polar surface area (TPSA) is 25.2 Å². The van der Waals surface area contributed by atoms with Crippen molar-refractivity contribution in [2.75, 3.05) is 6.54 Å². The van der Waals surface area contributed by atoms with Crippen LogP contribution in [0.2, 0.25) is 10.0 Å². The van der Waals surface area contributed by atoms with Crippen molar-refractivity contribution in [3.05, 3.63) is 44.5 Å². The maximum atomic E-state index is 6.26. The monoisotopic (exact) mass is 375 g/mol. The van der Waals surface area contributed by atoms with E-state index in [1.165, 1.54) is 0 Å². The van der Waals surface area contributed by atoms with Crippen molar-refractivity contribution < 1.29 is 4.42 Å². The summed E-state index contributed by atoms with van der Waals surface area (Å²) in [5.74, 6) is 1.67. The molecule has 1 aromatic heterocycles. The molecule has 0 fully saturated rings. The minimum atomic E-state index is 0.378. The van der Waals surface area contributed by atoms with Crippen LogP contribution >= 0.6 is 39.1 Å². The van der Waals surface area contributed by atoms with Gasteiger partial charge in [-0.25, -0.2) is 0 Å². The molecule has 5 heteroatoms. The Morgan fingerprint density at radius 3 is 2.65 bits per heavy atom. The summed E-state index contributed by atoms with van der Waals surface area (Å²) in [4.78, 5) is 0. The summed E-state index contributed by atoms with van der Waals surface area (Å²) in [6.07, 6.45) is 0.843. The van der Waals surface area contributed by atoms with E-state index in [9.17, 15) is 0 Å². The third-order valence-electron chi connectivity index (χ3n) is 3.02. The van der Waals surface area contributed by atoms with Gasteiger partial charge in [0, 0.05) is 22.5 Å². The fourth-order valence-electron chi connectivity index (χ4n) is 2.07. The highest BCUT2D eigenvalue weighted by Crippen LogP contribution is 2.38. The molecule has 1 aromatic carbocycles. The van der Waals surface area contributed by atoms with Gasteiger partial charge in [-0.05, 0) is 53.7 Å². The molecule has 0 spiro atoms. The predicted molar refractivity (Wildman–Crippen MR) is 88.7 cm³/mol. The zero-order valence-electron chi connectivity index (χ0n) is 11.3. The highest BCUT2D eigenvalue weighted by molar-refractivity contribution is 9.10. The lowest BCUT2D eigenvalue weighted by molar-refractivity contribution is 0.470. The molecular formula is C15H16BrCl2NO. The molecule has 0 aliphatic carbocycles. The molecule has 1 unspecified atom stereocenters. The van der Waals surface area contributed by atoms with Crippen LogP contribution in [0, 0.1) is 0 Å². The number of halogens is 3. The Balaban J connectivity index is 2.23. The highest BCUT2D eigenvalue weighted by Gasteiger charge is 2.14. The predicted octanol–water partition coefficient (Wildman–Crippen LogP) is 5.56. The smallest absolute Gasteiger partial charge is 0.135 e. The molecule has 1 N–H and O–H groups in total. The number of hydrogen-bond acceptors (Lipinski definition) is 2. The summed E-state index contributed by atoms with van der Waals surface area (Å²) >= 11 is 15.8. The molecule has 0 aliphatic heterocycles. The zero-order chi connectivity index (χ0) is 14.7. The van der Waals surface area contributed by atoms with E-state index in [1.54, 1.807) is 0 Å². The minimum Gasteiger partial charge on any atom is -0.461 e. The van der Waals surface area contributed by atoms with Crippen LogP contribution in [-0.4, -0.2) is 12.6 Å². The van der Waals surface area contributed by atoms with Crippen molar-refractivity contribution in [1.29, 1.82) is 0 Å². The summed E-state index contributed by atoms with van der Waals surface area (Å²) in [5.41, 5.74) is 0.808. The molecule has 0 amide bonds. The molecule has 2 nitrogen and oxygen atoms in total. The summed E-state index contributed by atoms with van der Waals surface area (Å²) in [5, 5.41) is 4.36. The minimum absolute atomic E-state index is 0.378. The number of furan rings is 1. The molecule has 0 aliphatic rings. The van der Waals surface area contributed by atoms with Crippen molar-refractivity contribution in [2.45, 2.75) is 26.3 Å². The Morgan fingerprint density at radius 2 is 1.95 bits per heavy atom. The molecule has 0 radical (unpaired) electrons. The van der Waals surface area contributed by atoms with Gasteiger partial charge in [0.05, 0.1) is 10.0 Å². The quantitative estimate of drug-likeness (QED) is 0.691. The van der Waals surface area contributed by atoms with E-state index >= 15 is 0 Å². The van der Waals surface area contributed by atoms with E-state index in [1.807, 2.05) is 24.3 Å². The van der Waals surface area contributed by atoms with Gasteiger partial charge >= 0.3 is 0 Å². The average Bonchev–Trinajstić information content (AvgIpc) is 2.84. The normalized spacial score (nSPS) is 12.7. The molecule has 1 atom stereocenters. The van der Waals surface area contributed by atoms with Crippen molar-refractivity contribution in [3.8, 4) is 11.3 Å². The third-order valence-corrected chi connectivity index (χ3v) is 4.79. The van der Waals surface area contributed by atoms with Crippen LogP contribution in [0.5, 0.6) is 0 Å². The third kappa shape index (κ3) is 3.59. The Kier molecular flexibility index (Phi) is 5.56. The van der Waals surface area contributed by atoms with Gasteiger partial charge in [-0.1, -0.05) is 30.1 Å². The fraction of sp³-hybridized carbons (Fsp3) is 0.333. The Morgan fingerprint density at radius 1 is 1.20 bits per heavy atom. The van der Waals surface area contributed by atoms with E-state index in [4.69, 9.17) is 27.6 Å². The second kappa shape index (κ2) is 6.99. The summed E-state index contributed by atoms with van der Waals surface area (Å²) in [7, 11) is 0. The van der Waals surface area contributed by atoms with Gasteiger partial charge in [0.2, 0.25) is 0 Å². The summed E-state index contributed by atoms with van der Waals surface area (Å²) in [6, 6.07) is 8.05. The van der Waals surface area contributed by atoms with Gasteiger partial charge in [-0.3, -0.25) is 0 Å². The van der Waals surface area contributed by atoms with E-state index in [2.05, 4.69) is 35.1 Å². The molecule has 1 heterocycles. The van der Waals surface area contributed by atoms with Gasteiger partial charge in [0.15, 0.2) is 0 Å². The zero-order valence-corrected chi connectivity index (χ0v) is 14.4. The first kappa shape index (κ1) is 15.9. The summed E-state index contributed by atoms with van der Waals surface area (Å²) in [6.45, 7) is 5.17. The largest absolute Gasteiger partial charge is 0.461 e. The van der Waals surface area contributed by atoms with E-state index < -0.39 is 0 Å². The Bertz CT molecular complexity index is 598. The molecular weight excluding hydrogens is 361 g/mol. The Hall–Kier alpha value is -0.480. The molecule has 2 rings (SSSR count). The van der Waals surface area contributed by atoms with Crippen molar-refractivity contribution in [3.63, 3.8) is 0 Å². The van der Waals surface area contributed by atoms with Gasteiger partial charge in [-0.15, -0.1) is 0 Å². The first-order valence-corrected chi connectivity index (χ1v) is 8.03. The maximum absolute atomic E-state index is 6.26. The van der Waals surface area contributed by atoms with Crippen LogP contribution in [0.25, 0.3) is 11.3 Å².